The summed E-state index contributed by atoms with van der Waals surface area (Å²) in [7, 11) is 0. The van der Waals surface area contributed by atoms with Gasteiger partial charge in [-0.3, -0.25) is 4.79 Å². The molecule has 1 aromatic heterocycles. The molecule has 17 heavy (non-hydrogen) atoms. The molecule has 0 saturated heterocycles. The van der Waals surface area contributed by atoms with Crippen LogP contribution >= 0.6 is 38.5 Å². The largest absolute Gasteiger partial charge is 0.328 e. The minimum absolute atomic E-state index is 0.0535. The van der Waals surface area contributed by atoms with E-state index in [0.717, 1.165) is 14.6 Å². The first-order chi connectivity index (χ1) is 8.13. The van der Waals surface area contributed by atoms with Gasteiger partial charge in [-0.2, -0.15) is 0 Å². The van der Waals surface area contributed by atoms with Crippen molar-refractivity contribution in [2.24, 2.45) is 0 Å². The Morgan fingerprint density at radius 1 is 1.53 bits per heavy atom. The molecule has 0 aliphatic carbocycles. The molecule has 0 bridgehead atoms. The second kappa shape index (κ2) is 5.30. The van der Waals surface area contributed by atoms with Crippen molar-refractivity contribution < 1.29 is 4.79 Å². The van der Waals surface area contributed by atoms with Gasteiger partial charge in [0.25, 0.3) is 0 Å². The highest BCUT2D eigenvalue weighted by molar-refractivity contribution is 14.1. The Balaban J connectivity index is 2.47. The number of ketones is 1. The Labute approximate surface area is 122 Å². The minimum atomic E-state index is -0.0535. The second-order valence-electron chi connectivity index (χ2n) is 3.49. The number of hydrogen-bond donors (Lipinski definition) is 0. The van der Waals surface area contributed by atoms with E-state index < -0.39 is 0 Å². The highest BCUT2D eigenvalue weighted by Crippen LogP contribution is 2.22. The van der Waals surface area contributed by atoms with Gasteiger partial charge in [-0.15, -0.1) is 0 Å². The van der Waals surface area contributed by atoms with Crippen LogP contribution in [0.1, 0.15) is 23.1 Å². The fourth-order valence-corrected chi connectivity index (χ4v) is 2.48. The highest BCUT2D eigenvalue weighted by Gasteiger charge is 2.17. The molecular formula is C12H10BrIN2O. The normalized spacial score (nSPS) is 10.5. The van der Waals surface area contributed by atoms with Gasteiger partial charge in [0.2, 0.25) is 5.78 Å². The average molecular weight is 405 g/mol. The van der Waals surface area contributed by atoms with Gasteiger partial charge in [-0.1, -0.05) is 15.9 Å². The van der Waals surface area contributed by atoms with Gasteiger partial charge < -0.3 is 4.57 Å². The number of aryl methyl sites for hydroxylation is 1. The van der Waals surface area contributed by atoms with Gasteiger partial charge in [0.1, 0.15) is 0 Å². The SMILES string of the molecule is CCn1ccnc1C(=O)c1cc(I)ccc1Br. The lowest BCUT2D eigenvalue weighted by atomic mass is 10.1. The summed E-state index contributed by atoms with van der Waals surface area (Å²) in [5.74, 6) is 0.428. The molecule has 88 valence electrons. The lowest BCUT2D eigenvalue weighted by Crippen LogP contribution is -2.11. The summed E-state index contributed by atoms with van der Waals surface area (Å²) in [5.41, 5.74) is 0.651. The van der Waals surface area contributed by atoms with Crippen LogP contribution in [0.15, 0.2) is 35.1 Å². The second-order valence-corrected chi connectivity index (χ2v) is 5.59. The predicted octanol–water partition coefficient (Wildman–Crippen LogP) is 3.50. The van der Waals surface area contributed by atoms with Crippen LogP contribution in [0.3, 0.4) is 0 Å². The lowest BCUT2D eigenvalue weighted by molar-refractivity contribution is 0.102. The summed E-state index contributed by atoms with van der Waals surface area (Å²) in [6.45, 7) is 2.73. The highest BCUT2D eigenvalue weighted by atomic mass is 127. The maximum absolute atomic E-state index is 12.3. The quantitative estimate of drug-likeness (QED) is 0.579. The third-order valence-electron chi connectivity index (χ3n) is 2.43. The molecular weight excluding hydrogens is 395 g/mol. The standard InChI is InChI=1S/C12H10BrIN2O/c1-2-16-6-5-15-12(16)11(17)9-7-8(14)3-4-10(9)13/h3-7H,2H2,1H3. The smallest absolute Gasteiger partial charge is 0.229 e. The van der Waals surface area contributed by atoms with E-state index in [2.05, 4.69) is 43.5 Å². The molecule has 5 heteroatoms. The first kappa shape index (κ1) is 12.8. The first-order valence-electron chi connectivity index (χ1n) is 5.14. The van der Waals surface area contributed by atoms with Crippen LogP contribution in [-0.4, -0.2) is 15.3 Å². The molecule has 0 N–H and O–H groups in total. The van der Waals surface area contributed by atoms with E-state index in [9.17, 15) is 4.79 Å². The van der Waals surface area contributed by atoms with Crippen LogP contribution < -0.4 is 0 Å². The molecule has 1 heterocycles. The Hall–Kier alpha value is -0.690. The van der Waals surface area contributed by atoms with Crippen molar-refractivity contribution in [2.45, 2.75) is 13.5 Å². The third-order valence-corrected chi connectivity index (χ3v) is 3.79. The monoisotopic (exact) mass is 404 g/mol. The molecule has 0 saturated carbocycles. The topological polar surface area (TPSA) is 34.9 Å². The van der Waals surface area contributed by atoms with E-state index in [1.807, 2.05) is 35.9 Å². The van der Waals surface area contributed by atoms with Crippen molar-refractivity contribution in [3.8, 4) is 0 Å². The molecule has 1 aromatic carbocycles. The third kappa shape index (κ3) is 2.60. The summed E-state index contributed by atoms with van der Waals surface area (Å²) in [4.78, 5) is 16.5. The summed E-state index contributed by atoms with van der Waals surface area (Å²) in [6.07, 6.45) is 3.47. The number of carbonyl (C=O) groups excluding carboxylic acids is 1. The lowest BCUT2D eigenvalue weighted by Gasteiger charge is -2.06. The van der Waals surface area contributed by atoms with Crippen LogP contribution in [0.2, 0.25) is 0 Å². The zero-order valence-corrected chi connectivity index (χ0v) is 12.9. The number of hydrogen-bond acceptors (Lipinski definition) is 2. The summed E-state index contributed by atoms with van der Waals surface area (Å²) in [5, 5.41) is 0. The molecule has 0 amide bonds. The summed E-state index contributed by atoms with van der Waals surface area (Å²) >= 11 is 5.59. The van der Waals surface area contributed by atoms with E-state index in [4.69, 9.17) is 0 Å². The molecule has 3 nitrogen and oxygen atoms in total. The van der Waals surface area contributed by atoms with Gasteiger partial charge >= 0.3 is 0 Å². The van der Waals surface area contributed by atoms with Crippen LogP contribution in [0.4, 0.5) is 0 Å². The number of imidazole rings is 1. The van der Waals surface area contributed by atoms with Gasteiger partial charge in [0.15, 0.2) is 5.82 Å². The maximum Gasteiger partial charge on any atom is 0.229 e. The average Bonchev–Trinajstić information content (AvgIpc) is 2.79. The fourth-order valence-electron chi connectivity index (χ4n) is 1.57. The molecule has 0 fully saturated rings. The first-order valence-corrected chi connectivity index (χ1v) is 7.01. The fraction of sp³-hybridized carbons (Fsp3) is 0.167. The maximum atomic E-state index is 12.3. The molecule has 0 spiro atoms. The van der Waals surface area contributed by atoms with Crippen molar-refractivity contribution >= 4 is 44.3 Å². The Morgan fingerprint density at radius 3 is 3.00 bits per heavy atom. The minimum Gasteiger partial charge on any atom is -0.328 e. The van der Waals surface area contributed by atoms with E-state index >= 15 is 0 Å². The van der Waals surface area contributed by atoms with Gasteiger partial charge in [-0.25, -0.2) is 4.98 Å². The Morgan fingerprint density at radius 2 is 2.29 bits per heavy atom. The van der Waals surface area contributed by atoms with Crippen molar-refractivity contribution in [3.63, 3.8) is 0 Å². The van der Waals surface area contributed by atoms with Crippen molar-refractivity contribution in [2.75, 3.05) is 0 Å². The number of carbonyl (C=O) groups is 1. The number of benzene rings is 1. The molecule has 0 radical (unpaired) electrons. The molecule has 0 aliphatic heterocycles. The molecule has 0 unspecified atom stereocenters. The van der Waals surface area contributed by atoms with E-state index in [-0.39, 0.29) is 5.78 Å². The molecule has 0 atom stereocenters. The summed E-state index contributed by atoms with van der Waals surface area (Å²) in [6, 6.07) is 5.70. The van der Waals surface area contributed by atoms with Gasteiger partial charge in [-0.05, 0) is 47.7 Å². The van der Waals surface area contributed by atoms with Crippen molar-refractivity contribution in [3.05, 3.63) is 50.0 Å². The zero-order chi connectivity index (χ0) is 12.4. The van der Waals surface area contributed by atoms with Crippen molar-refractivity contribution in [1.29, 1.82) is 0 Å². The number of halogens is 2. The number of rotatable bonds is 3. The van der Waals surface area contributed by atoms with Gasteiger partial charge in [0, 0.05) is 32.5 Å². The zero-order valence-electron chi connectivity index (χ0n) is 9.15. The van der Waals surface area contributed by atoms with E-state index in [1.54, 1.807) is 6.20 Å². The number of nitrogens with zero attached hydrogens (tertiary/aromatic N) is 2. The van der Waals surface area contributed by atoms with Crippen molar-refractivity contribution in [1.82, 2.24) is 9.55 Å². The Kier molecular flexibility index (Phi) is 3.98. The summed E-state index contributed by atoms with van der Waals surface area (Å²) < 4.78 is 3.67. The predicted molar refractivity (Wildman–Crippen MR) is 78.2 cm³/mol. The van der Waals surface area contributed by atoms with Crippen LogP contribution in [0, 0.1) is 3.57 Å². The van der Waals surface area contributed by atoms with E-state index in [1.165, 1.54) is 0 Å². The number of aromatic nitrogens is 2. The Bertz CT molecular complexity index is 565. The molecule has 2 rings (SSSR count). The van der Waals surface area contributed by atoms with Crippen LogP contribution in [0.25, 0.3) is 0 Å². The van der Waals surface area contributed by atoms with Gasteiger partial charge in [0.05, 0.1) is 0 Å². The molecule has 0 aliphatic rings. The van der Waals surface area contributed by atoms with Crippen LogP contribution in [0.5, 0.6) is 0 Å². The van der Waals surface area contributed by atoms with Crippen LogP contribution in [-0.2, 0) is 6.54 Å². The van der Waals surface area contributed by atoms with E-state index in [0.29, 0.717) is 11.4 Å². The molecule has 2 aromatic rings.